The Kier molecular flexibility index (Phi) is 14.1. The van der Waals surface area contributed by atoms with Gasteiger partial charge in [-0.1, -0.05) is 260 Å². The van der Waals surface area contributed by atoms with Gasteiger partial charge in [0.2, 0.25) is 0 Å². The van der Waals surface area contributed by atoms with E-state index in [1.54, 1.807) is 0 Å². The quantitative estimate of drug-likeness (QED) is 0.107. The average Bonchev–Trinajstić information content (AvgIpc) is 1.04. The maximum absolute atomic E-state index is 10.5. The molecular formula is C94H69BN6. The van der Waals surface area contributed by atoms with Gasteiger partial charge >= 0.3 is 0 Å². The standard InChI is InChI=1S/C94H69BN6/c1-93(2,3)67-40-48-83-77(54-67)76-51-60(59-96)39-47-82(76)98(83)70-43-45-80-86(57-70)100(91-72(62-27-15-9-16-28-62)35-23-36-73(91)63-29-17-10-18-30-63)88-52-66(61-25-13-8-14-26-61)53-89-90(88)95(80)81-46-44-71(99-84-49-41-68(94(4,5)6)55-78(84)79-56-69(97-7)42-50-85(79)99)58-87(81)101(89)92-74(64-31-19-11-20-32-64)37-24-38-75(92)65-33-21-12-22-34-65/h8-58H,1-6H3. The number of aromatic nitrogens is 2. The molecule has 4 heterocycles. The highest BCUT2D eigenvalue weighted by Gasteiger charge is 2.46. The van der Waals surface area contributed by atoms with Crippen LogP contribution in [0.15, 0.2) is 309 Å². The number of fused-ring (bicyclic) bond motifs is 10. The van der Waals surface area contributed by atoms with E-state index in [1.165, 1.54) is 16.6 Å². The summed E-state index contributed by atoms with van der Waals surface area (Å²) in [6.07, 6.45) is 0. The van der Waals surface area contributed by atoms with E-state index in [-0.39, 0.29) is 17.5 Å². The van der Waals surface area contributed by atoms with Crippen LogP contribution in [-0.4, -0.2) is 15.8 Å². The molecule has 0 unspecified atom stereocenters. The first-order valence-corrected chi connectivity index (χ1v) is 34.8. The summed E-state index contributed by atoms with van der Waals surface area (Å²) in [5.41, 5.74) is 30.5. The molecular weight excluding hydrogens is 1220 g/mol. The van der Waals surface area contributed by atoms with Crippen molar-refractivity contribution in [2.45, 2.75) is 52.4 Å². The number of benzene rings is 14. The van der Waals surface area contributed by atoms with E-state index in [0.717, 1.165) is 156 Å². The van der Waals surface area contributed by atoms with E-state index in [0.29, 0.717) is 11.3 Å². The smallest absolute Gasteiger partial charge is 0.252 e. The highest BCUT2D eigenvalue weighted by molar-refractivity contribution is 7.00. The van der Waals surface area contributed by atoms with Gasteiger partial charge in [0.15, 0.2) is 5.69 Å². The van der Waals surface area contributed by atoms with Crippen LogP contribution >= 0.6 is 0 Å². The zero-order chi connectivity index (χ0) is 68.4. The third kappa shape index (κ3) is 9.91. The van der Waals surface area contributed by atoms with Crippen molar-refractivity contribution in [3.63, 3.8) is 0 Å². The Morgan fingerprint density at radius 2 is 0.703 bits per heavy atom. The van der Waals surface area contributed by atoms with Gasteiger partial charge in [0, 0.05) is 72.5 Å². The van der Waals surface area contributed by atoms with Crippen molar-refractivity contribution in [1.29, 1.82) is 5.26 Å². The van der Waals surface area contributed by atoms with Gasteiger partial charge in [-0.2, -0.15) is 5.26 Å². The first kappa shape index (κ1) is 60.7. The predicted octanol–water partition coefficient (Wildman–Crippen LogP) is 23.3. The van der Waals surface area contributed by atoms with Gasteiger partial charge in [0.1, 0.15) is 0 Å². The lowest BCUT2D eigenvalue weighted by molar-refractivity contribution is 0.591. The molecule has 0 amide bonds. The van der Waals surface area contributed by atoms with Crippen LogP contribution in [0, 0.1) is 17.9 Å². The van der Waals surface area contributed by atoms with Crippen molar-refractivity contribution in [2.75, 3.05) is 9.80 Å². The Hall–Kier alpha value is -12.7. The van der Waals surface area contributed by atoms with E-state index < -0.39 is 0 Å². The molecule has 2 aliphatic heterocycles. The molecule has 2 aromatic heterocycles. The van der Waals surface area contributed by atoms with Gasteiger partial charge in [-0.15, -0.1) is 0 Å². The second-order valence-corrected chi connectivity index (χ2v) is 29.0. The van der Waals surface area contributed by atoms with Crippen molar-refractivity contribution in [3.05, 3.63) is 337 Å². The van der Waals surface area contributed by atoms with Gasteiger partial charge in [0.05, 0.1) is 51.6 Å². The minimum Gasteiger partial charge on any atom is -0.310 e. The molecule has 16 aromatic rings. The van der Waals surface area contributed by atoms with Crippen molar-refractivity contribution in [3.8, 4) is 73.1 Å². The minimum atomic E-state index is -0.307. The Morgan fingerprint density at radius 3 is 1.09 bits per heavy atom. The molecule has 0 bridgehead atoms. The summed E-state index contributed by atoms with van der Waals surface area (Å²) in [5, 5.41) is 14.8. The lowest BCUT2D eigenvalue weighted by Crippen LogP contribution is -2.61. The normalized spacial score (nSPS) is 12.6. The fraction of sp³-hybridized carbons (Fsp3) is 0.0851. The molecule has 0 spiro atoms. The van der Waals surface area contributed by atoms with Crippen molar-refractivity contribution < 1.29 is 0 Å². The topological polar surface area (TPSA) is 44.5 Å². The molecule has 0 radical (unpaired) electrons. The van der Waals surface area contributed by atoms with Gasteiger partial charge in [-0.05, 0) is 168 Å². The number of hydrogen-bond donors (Lipinski definition) is 0. The van der Waals surface area contributed by atoms with Crippen LogP contribution in [0.1, 0.15) is 58.2 Å². The second kappa shape index (κ2) is 23.5. The van der Waals surface area contributed by atoms with E-state index in [1.807, 2.05) is 12.1 Å². The zero-order valence-corrected chi connectivity index (χ0v) is 57.2. The number of nitrogens with zero attached hydrogens (tertiary/aromatic N) is 6. The molecule has 6 nitrogen and oxygen atoms in total. The molecule has 0 saturated heterocycles. The van der Waals surface area contributed by atoms with Crippen LogP contribution < -0.4 is 26.2 Å². The number of hydrogen-bond acceptors (Lipinski definition) is 3. The lowest BCUT2D eigenvalue weighted by atomic mass is 9.33. The third-order valence-electron chi connectivity index (χ3n) is 21.0. The highest BCUT2D eigenvalue weighted by Crippen LogP contribution is 2.55. The van der Waals surface area contributed by atoms with Crippen LogP contribution in [0.2, 0.25) is 0 Å². The zero-order valence-electron chi connectivity index (χ0n) is 57.2. The molecule has 14 aromatic carbocycles. The SMILES string of the molecule is [C-]#[N+]c1ccc2c(c1)c1cc(C(C)(C)C)ccc1n2-c1ccc2c(c1)N(c1c(-c3ccccc3)cccc1-c1ccccc1)c1cc(-c3ccccc3)cc3c1B2c1ccc(-n2c4ccc(C#N)cc4c4cc(C(C)(C)C)ccc42)cc1N3c1c(-c2ccccc2)cccc1-c1ccccc1. The van der Waals surface area contributed by atoms with Gasteiger partial charge in [0.25, 0.3) is 6.71 Å². The summed E-state index contributed by atoms with van der Waals surface area (Å²) in [6, 6.07) is 116. The van der Waals surface area contributed by atoms with Crippen molar-refractivity contribution in [2.24, 2.45) is 0 Å². The maximum Gasteiger partial charge on any atom is 0.252 e. The van der Waals surface area contributed by atoms with E-state index >= 15 is 0 Å². The summed E-state index contributed by atoms with van der Waals surface area (Å²) in [4.78, 5) is 9.26. The summed E-state index contributed by atoms with van der Waals surface area (Å²) < 4.78 is 4.85. The van der Waals surface area contributed by atoms with E-state index in [9.17, 15) is 5.26 Å². The molecule has 101 heavy (non-hydrogen) atoms. The summed E-state index contributed by atoms with van der Waals surface area (Å²) in [5.74, 6) is 0. The predicted molar refractivity (Wildman–Crippen MR) is 425 cm³/mol. The van der Waals surface area contributed by atoms with Crippen LogP contribution in [-0.2, 0) is 10.8 Å². The number of anilines is 6. The fourth-order valence-corrected chi connectivity index (χ4v) is 16.2. The van der Waals surface area contributed by atoms with Crippen LogP contribution in [0.3, 0.4) is 0 Å². The third-order valence-corrected chi connectivity index (χ3v) is 21.0. The minimum absolute atomic E-state index is 0.110. The molecule has 0 fully saturated rings. The largest absolute Gasteiger partial charge is 0.310 e. The monoisotopic (exact) mass is 1290 g/mol. The van der Waals surface area contributed by atoms with Crippen molar-refractivity contribution >= 4 is 107 Å². The fourth-order valence-electron chi connectivity index (χ4n) is 16.2. The Labute approximate surface area is 590 Å². The molecule has 0 atom stereocenters. The molecule has 0 saturated carbocycles. The van der Waals surface area contributed by atoms with Gasteiger partial charge in [-0.3, -0.25) is 0 Å². The number of para-hydroxylation sites is 2. The number of nitriles is 1. The molecule has 7 heteroatoms. The van der Waals surface area contributed by atoms with Gasteiger partial charge in [-0.25, -0.2) is 4.85 Å². The van der Waals surface area contributed by atoms with E-state index in [2.05, 4.69) is 369 Å². The summed E-state index contributed by atoms with van der Waals surface area (Å²) in [6.45, 7) is 21.6. The highest BCUT2D eigenvalue weighted by atomic mass is 15.2. The molecule has 478 valence electrons. The molecule has 2 aliphatic rings. The average molecular weight is 1290 g/mol. The Balaban J connectivity index is 1.01. The first-order valence-electron chi connectivity index (χ1n) is 34.8. The lowest BCUT2D eigenvalue weighted by Gasteiger charge is -2.46. The van der Waals surface area contributed by atoms with Crippen LogP contribution in [0.4, 0.5) is 39.8 Å². The van der Waals surface area contributed by atoms with Crippen molar-refractivity contribution in [1.82, 2.24) is 9.13 Å². The second-order valence-electron chi connectivity index (χ2n) is 29.0. The molecule has 18 rings (SSSR count). The Morgan fingerprint density at radius 1 is 0.337 bits per heavy atom. The van der Waals surface area contributed by atoms with Crippen LogP contribution in [0.5, 0.6) is 0 Å². The summed E-state index contributed by atoms with van der Waals surface area (Å²) >= 11 is 0. The molecule has 0 aliphatic carbocycles. The summed E-state index contributed by atoms with van der Waals surface area (Å²) in [7, 11) is 0. The van der Waals surface area contributed by atoms with Crippen LogP contribution in [0.25, 0.3) is 115 Å². The Bertz CT molecular complexity index is 5650. The van der Waals surface area contributed by atoms with Gasteiger partial charge < -0.3 is 18.9 Å². The first-order chi connectivity index (χ1) is 49.3. The van der Waals surface area contributed by atoms with E-state index in [4.69, 9.17) is 6.57 Å². The number of rotatable bonds is 9. The maximum atomic E-state index is 10.5. The molecule has 0 N–H and O–H groups in total.